The summed E-state index contributed by atoms with van der Waals surface area (Å²) in [6.07, 6.45) is 13.1. The molecule has 6 nitrogen and oxygen atoms in total. The quantitative estimate of drug-likeness (QED) is 0.424. The third-order valence-electron chi connectivity index (χ3n) is 12.6. The van der Waals surface area contributed by atoms with Crippen LogP contribution < -0.4 is 0 Å². The average Bonchev–Trinajstić information content (AvgIpc) is 2.89. The van der Waals surface area contributed by atoms with E-state index in [4.69, 9.17) is 0 Å². The van der Waals surface area contributed by atoms with Gasteiger partial charge in [-0.15, -0.1) is 0 Å². The van der Waals surface area contributed by atoms with Gasteiger partial charge in [0.15, 0.2) is 5.76 Å². The Kier molecular flexibility index (Phi) is 6.04. The molecule has 5 aliphatic rings. The van der Waals surface area contributed by atoms with Gasteiger partial charge < -0.3 is 14.9 Å². The van der Waals surface area contributed by atoms with Gasteiger partial charge in [-0.1, -0.05) is 45.4 Å². The molecule has 0 radical (unpaired) electrons. The molecular weight excluding hydrogens is 488 g/mol. The van der Waals surface area contributed by atoms with Crippen LogP contribution >= 0.6 is 0 Å². The van der Waals surface area contributed by atoms with Crippen LogP contribution in [0.4, 0.5) is 0 Å². The molecule has 0 spiro atoms. The van der Waals surface area contributed by atoms with E-state index in [0.29, 0.717) is 11.5 Å². The first-order valence-electron chi connectivity index (χ1n) is 14.5. The molecule has 4 unspecified atom stereocenters. The van der Waals surface area contributed by atoms with Crippen LogP contribution in [-0.2, 0) is 14.4 Å². The number of hydrogen-bond acceptors (Lipinski definition) is 4. The second-order valence-electron chi connectivity index (χ2n) is 14.6. The van der Waals surface area contributed by atoms with Crippen LogP contribution in [0.3, 0.4) is 0 Å². The molecule has 3 fully saturated rings. The Hall–Kier alpha value is -2.63. The smallest absolute Gasteiger partial charge is 0.312 e. The maximum absolute atomic E-state index is 13.2. The highest BCUT2D eigenvalue weighted by Gasteiger charge is 2.67. The number of allylic oxidation sites excluding steroid dienone is 7. The van der Waals surface area contributed by atoms with Crippen molar-refractivity contribution in [2.45, 2.75) is 92.0 Å². The molecule has 6 heteroatoms. The van der Waals surface area contributed by atoms with Gasteiger partial charge in [-0.3, -0.25) is 14.4 Å². The van der Waals surface area contributed by atoms with Crippen molar-refractivity contribution < 1.29 is 19.5 Å². The second-order valence-corrected chi connectivity index (χ2v) is 14.6. The zero-order valence-corrected chi connectivity index (χ0v) is 25.3. The predicted octanol–water partition coefficient (Wildman–Crippen LogP) is 5.91. The minimum absolute atomic E-state index is 0.0000692. The van der Waals surface area contributed by atoms with Crippen molar-refractivity contribution in [3.63, 3.8) is 0 Å². The van der Waals surface area contributed by atoms with E-state index in [1.165, 1.54) is 10.5 Å². The van der Waals surface area contributed by atoms with Gasteiger partial charge in [0, 0.05) is 37.7 Å². The molecule has 0 bridgehead atoms. The van der Waals surface area contributed by atoms with Gasteiger partial charge in [0.25, 0.3) is 0 Å². The number of fused-ring (bicyclic) bond motifs is 7. The van der Waals surface area contributed by atoms with Crippen LogP contribution in [0.5, 0.6) is 0 Å². The number of nitrogens with zero attached hydrogens (tertiary/aromatic N) is 2. The topological polar surface area (TPSA) is 77.9 Å². The first kappa shape index (κ1) is 27.9. The number of ketones is 1. The summed E-state index contributed by atoms with van der Waals surface area (Å²) in [6.45, 7) is 13.7. The largest absolute Gasteiger partial charge is 0.504 e. The Morgan fingerprint density at radius 2 is 1.54 bits per heavy atom. The van der Waals surface area contributed by atoms with Gasteiger partial charge in [-0.2, -0.15) is 0 Å². The summed E-state index contributed by atoms with van der Waals surface area (Å²) >= 11 is 0. The third-order valence-corrected chi connectivity index (χ3v) is 12.6. The highest BCUT2D eigenvalue weighted by atomic mass is 16.3. The molecule has 0 aromatic heterocycles. The molecule has 6 atom stereocenters. The van der Waals surface area contributed by atoms with Gasteiger partial charge in [-0.05, 0) is 98.2 Å². The van der Waals surface area contributed by atoms with E-state index < -0.39 is 11.8 Å². The number of rotatable bonds is 1. The summed E-state index contributed by atoms with van der Waals surface area (Å²) in [5, 5.41) is 10.4. The van der Waals surface area contributed by atoms with Gasteiger partial charge in [-0.25, -0.2) is 0 Å². The molecule has 212 valence electrons. The van der Waals surface area contributed by atoms with Crippen molar-refractivity contribution in [2.75, 3.05) is 21.1 Å². The van der Waals surface area contributed by atoms with Crippen LogP contribution in [0.25, 0.3) is 0 Å². The van der Waals surface area contributed by atoms with Crippen molar-refractivity contribution in [3.8, 4) is 0 Å². The van der Waals surface area contributed by atoms with E-state index in [1.54, 1.807) is 25.1 Å². The number of amides is 2. The fraction of sp³-hybridized carbons (Fsp3) is 0.667. The van der Waals surface area contributed by atoms with E-state index in [0.717, 1.165) is 56.1 Å². The minimum atomic E-state index is -0.471. The van der Waals surface area contributed by atoms with Gasteiger partial charge in [0.2, 0.25) is 5.78 Å². The van der Waals surface area contributed by atoms with Crippen LogP contribution in [0.15, 0.2) is 46.3 Å². The molecule has 0 aromatic rings. The zero-order valence-electron chi connectivity index (χ0n) is 25.3. The molecule has 0 aliphatic heterocycles. The van der Waals surface area contributed by atoms with E-state index >= 15 is 0 Å². The van der Waals surface area contributed by atoms with E-state index in [9.17, 15) is 19.5 Å². The lowest BCUT2D eigenvalue weighted by molar-refractivity contribution is -0.173. The van der Waals surface area contributed by atoms with Crippen molar-refractivity contribution in [2.24, 2.45) is 27.6 Å². The highest BCUT2D eigenvalue weighted by molar-refractivity contribution is 6.34. The van der Waals surface area contributed by atoms with E-state index in [1.807, 2.05) is 14.0 Å². The number of aliphatic hydroxyl groups is 1. The highest BCUT2D eigenvalue weighted by Crippen LogP contribution is 2.75. The lowest BCUT2D eigenvalue weighted by atomic mass is 9.35. The zero-order chi connectivity index (χ0) is 28.9. The van der Waals surface area contributed by atoms with Crippen molar-refractivity contribution in [3.05, 3.63) is 46.3 Å². The Labute approximate surface area is 233 Å². The fourth-order valence-electron chi connectivity index (χ4n) is 9.32. The van der Waals surface area contributed by atoms with Crippen LogP contribution in [0.2, 0.25) is 0 Å². The Balaban J connectivity index is 1.56. The number of hydrogen-bond donors (Lipinski definition) is 1. The van der Waals surface area contributed by atoms with Crippen molar-refractivity contribution in [1.29, 1.82) is 0 Å². The van der Waals surface area contributed by atoms with Crippen LogP contribution in [0, 0.1) is 27.6 Å². The molecule has 39 heavy (non-hydrogen) atoms. The summed E-state index contributed by atoms with van der Waals surface area (Å²) in [5.74, 6) is -0.950. The maximum Gasteiger partial charge on any atom is 0.312 e. The Morgan fingerprint density at radius 1 is 0.897 bits per heavy atom. The Bertz CT molecular complexity index is 1300. The monoisotopic (exact) mass is 534 g/mol. The molecule has 3 saturated carbocycles. The molecule has 0 heterocycles. The normalized spacial score (nSPS) is 41.2. The SMILES string of the molecule is CC1=C(O)C(=O)C=C2C1=CC=C1C3(C)CCC4(C)CCC(C)(N(C)C(=O)C(=O)N(C)C)CC4[C@]3(C)CC[C@@]21C. The van der Waals surface area contributed by atoms with E-state index in [-0.39, 0.29) is 38.7 Å². The van der Waals surface area contributed by atoms with Crippen molar-refractivity contribution in [1.82, 2.24) is 9.80 Å². The molecule has 1 N–H and O–H groups in total. The number of likely N-dealkylation sites (N-methyl/N-ethyl adjacent to an activating group) is 2. The van der Waals surface area contributed by atoms with Crippen LogP contribution in [0.1, 0.15) is 86.5 Å². The average molecular weight is 535 g/mol. The summed E-state index contributed by atoms with van der Waals surface area (Å²) in [6, 6.07) is 0. The predicted molar refractivity (Wildman–Crippen MR) is 153 cm³/mol. The molecule has 5 rings (SSSR count). The standard InChI is InChI=1S/C33H46N2O4/c1-20-21-10-11-24-31(4,22(21)18-23(36)26(20)37)15-17-33(6)25-19-30(3,35(9)28(39)27(38)34(7)8)14-12-29(25,2)13-16-32(24,33)5/h10-11,18,25,37H,12-17,19H2,1-9H3/t25?,29?,30?,31-,32?,33-/m0/s1. The van der Waals surface area contributed by atoms with Gasteiger partial charge >= 0.3 is 11.8 Å². The first-order valence-corrected chi connectivity index (χ1v) is 14.5. The number of carbonyl (C=O) groups excluding carboxylic acids is 3. The third kappa shape index (κ3) is 3.55. The first-order chi connectivity index (χ1) is 18.0. The Morgan fingerprint density at radius 3 is 2.18 bits per heavy atom. The summed E-state index contributed by atoms with van der Waals surface area (Å²) in [5.41, 5.74) is 3.58. The lowest BCUT2D eigenvalue weighted by Gasteiger charge is -2.70. The fourth-order valence-corrected chi connectivity index (χ4v) is 9.32. The van der Waals surface area contributed by atoms with Crippen molar-refractivity contribution >= 4 is 17.6 Å². The van der Waals surface area contributed by atoms with E-state index in [2.05, 4.69) is 46.8 Å². The molecule has 0 aromatic carbocycles. The molecular formula is C33H46N2O4. The number of carbonyl (C=O) groups is 3. The molecule has 2 amide bonds. The molecule has 0 saturated heterocycles. The maximum atomic E-state index is 13.2. The van der Waals surface area contributed by atoms with Gasteiger partial charge in [0.05, 0.1) is 0 Å². The number of aliphatic hydroxyl groups excluding tert-OH is 1. The summed E-state index contributed by atoms with van der Waals surface area (Å²) < 4.78 is 0. The second kappa shape index (κ2) is 8.44. The summed E-state index contributed by atoms with van der Waals surface area (Å²) in [7, 11) is 5.07. The summed E-state index contributed by atoms with van der Waals surface area (Å²) in [4.78, 5) is 41.6. The lowest BCUT2D eigenvalue weighted by Crippen LogP contribution is -2.65. The van der Waals surface area contributed by atoms with Gasteiger partial charge in [0.1, 0.15) is 0 Å². The molecule has 5 aliphatic carbocycles. The van der Waals surface area contributed by atoms with Crippen LogP contribution in [-0.4, -0.2) is 59.2 Å². The minimum Gasteiger partial charge on any atom is -0.504 e.